The third-order valence-electron chi connectivity index (χ3n) is 3.54. The molecule has 2 aromatic rings. The number of aromatic nitrogens is 2. The third kappa shape index (κ3) is 1.70. The molecule has 4 heteroatoms. The van der Waals surface area contributed by atoms with Gasteiger partial charge in [0.15, 0.2) is 0 Å². The van der Waals surface area contributed by atoms with Gasteiger partial charge in [-0.2, -0.15) is 5.10 Å². The molecular formula is C13H15N3O. The van der Waals surface area contributed by atoms with Crippen molar-refractivity contribution in [3.8, 4) is 11.3 Å². The summed E-state index contributed by atoms with van der Waals surface area (Å²) >= 11 is 0. The van der Waals surface area contributed by atoms with Crippen LogP contribution in [0.1, 0.15) is 18.4 Å². The molecule has 0 spiro atoms. The van der Waals surface area contributed by atoms with Gasteiger partial charge in [0.1, 0.15) is 5.82 Å². The van der Waals surface area contributed by atoms with Crippen LogP contribution in [0.4, 0.5) is 5.82 Å². The van der Waals surface area contributed by atoms with Gasteiger partial charge < -0.3 is 10.8 Å². The van der Waals surface area contributed by atoms with E-state index < -0.39 is 0 Å². The summed E-state index contributed by atoms with van der Waals surface area (Å²) in [6.45, 7) is 0.224. The Bertz CT molecular complexity index is 543. The van der Waals surface area contributed by atoms with Crippen molar-refractivity contribution in [1.82, 2.24) is 10.2 Å². The normalized spacial score (nSPS) is 17.0. The van der Waals surface area contributed by atoms with Crippen LogP contribution in [0, 0.1) is 0 Å². The van der Waals surface area contributed by atoms with Crippen molar-refractivity contribution in [3.63, 3.8) is 0 Å². The van der Waals surface area contributed by atoms with Crippen LogP contribution in [0.15, 0.2) is 30.3 Å². The van der Waals surface area contributed by atoms with Gasteiger partial charge in [-0.05, 0) is 30.0 Å². The van der Waals surface area contributed by atoms with Gasteiger partial charge in [-0.1, -0.05) is 18.2 Å². The minimum absolute atomic E-state index is 0.00156. The smallest absolute Gasteiger partial charge is 0.145 e. The summed E-state index contributed by atoms with van der Waals surface area (Å²) in [7, 11) is 0. The second kappa shape index (κ2) is 3.60. The average Bonchev–Trinajstić information content (AvgIpc) is 3.06. The lowest BCUT2D eigenvalue weighted by atomic mass is 9.94. The first-order chi connectivity index (χ1) is 8.23. The zero-order chi connectivity index (χ0) is 11.9. The van der Waals surface area contributed by atoms with Gasteiger partial charge >= 0.3 is 0 Å². The van der Waals surface area contributed by atoms with E-state index in [0.29, 0.717) is 5.82 Å². The van der Waals surface area contributed by atoms with Crippen molar-refractivity contribution >= 4 is 5.82 Å². The molecule has 17 heavy (non-hydrogen) atoms. The van der Waals surface area contributed by atoms with Crippen LogP contribution in [0.5, 0.6) is 0 Å². The number of nitrogens with zero attached hydrogens (tertiary/aromatic N) is 1. The number of benzene rings is 1. The number of hydrogen-bond donors (Lipinski definition) is 3. The van der Waals surface area contributed by atoms with Crippen molar-refractivity contribution in [2.24, 2.45) is 0 Å². The maximum absolute atomic E-state index is 9.44. The molecule has 3 rings (SSSR count). The van der Waals surface area contributed by atoms with E-state index in [2.05, 4.69) is 22.3 Å². The molecule has 1 fully saturated rings. The van der Waals surface area contributed by atoms with Crippen LogP contribution in [0.2, 0.25) is 0 Å². The average molecular weight is 229 g/mol. The van der Waals surface area contributed by atoms with Crippen LogP contribution < -0.4 is 5.73 Å². The first-order valence-corrected chi connectivity index (χ1v) is 5.76. The molecule has 0 atom stereocenters. The number of aliphatic hydroxyl groups is 1. The lowest BCUT2D eigenvalue weighted by Crippen LogP contribution is -2.11. The Labute approximate surface area is 99.5 Å². The van der Waals surface area contributed by atoms with Gasteiger partial charge in [-0.3, -0.25) is 5.10 Å². The van der Waals surface area contributed by atoms with Crippen LogP contribution in [-0.4, -0.2) is 21.9 Å². The Morgan fingerprint density at radius 2 is 2.18 bits per heavy atom. The predicted molar refractivity (Wildman–Crippen MR) is 66.4 cm³/mol. The third-order valence-corrected chi connectivity index (χ3v) is 3.54. The lowest BCUT2D eigenvalue weighted by Gasteiger charge is -2.12. The summed E-state index contributed by atoms with van der Waals surface area (Å²) < 4.78 is 0. The summed E-state index contributed by atoms with van der Waals surface area (Å²) in [5, 5.41) is 16.3. The molecule has 4 N–H and O–H groups in total. The summed E-state index contributed by atoms with van der Waals surface area (Å²) in [6.07, 6.45) is 2.14. The first kappa shape index (κ1) is 10.4. The Morgan fingerprint density at radius 3 is 2.76 bits per heavy atom. The number of hydrogen-bond acceptors (Lipinski definition) is 3. The Morgan fingerprint density at radius 1 is 1.35 bits per heavy atom. The number of aliphatic hydroxyl groups excluding tert-OH is 1. The highest BCUT2D eigenvalue weighted by atomic mass is 16.3. The maximum atomic E-state index is 9.44. The molecule has 1 aromatic carbocycles. The van der Waals surface area contributed by atoms with E-state index in [4.69, 9.17) is 5.73 Å². The molecule has 0 aliphatic heterocycles. The summed E-state index contributed by atoms with van der Waals surface area (Å²) in [4.78, 5) is 0. The zero-order valence-electron chi connectivity index (χ0n) is 9.48. The molecule has 1 saturated carbocycles. The van der Waals surface area contributed by atoms with Crippen LogP contribution in [0.3, 0.4) is 0 Å². The minimum Gasteiger partial charge on any atom is -0.395 e. The minimum atomic E-state index is 0.00156. The van der Waals surface area contributed by atoms with Gasteiger partial charge in [-0.25, -0.2) is 0 Å². The molecule has 4 nitrogen and oxygen atoms in total. The second-order valence-corrected chi connectivity index (χ2v) is 4.73. The van der Waals surface area contributed by atoms with E-state index >= 15 is 0 Å². The van der Waals surface area contributed by atoms with Gasteiger partial charge in [0.05, 0.1) is 12.3 Å². The fourth-order valence-electron chi connectivity index (χ4n) is 2.19. The van der Waals surface area contributed by atoms with E-state index in [1.165, 1.54) is 5.56 Å². The van der Waals surface area contributed by atoms with Crippen LogP contribution >= 0.6 is 0 Å². The number of anilines is 1. The van der Waals surface area contributed by atoms with Crippen molar-refractivity contribution < 1.29 is 5.11 Å². The van der Waals surface area contributed by atoms with Crippen LogP contribution in [-0.2, 0) is 5.41 Å². The van der Waals surface area contributed by atoms with Crippen molar-refractivity contribution in [3.05, 3.63) is 35.9 Å². The fourth-order valence-corrected chi connectivity index (χ4v) is 2.19. The van der Waals surface area contributed by atoms with Gasteiger partial charge in [0.2, 0.25) is 0 Å². The highest BCUT2D eigenvalue weighted by Crippen LogP contribution is 2.48. The SMILES string of the molecule is Nc1cc(-c2cccc(C3(CO)CC3)c2)[nH]n1. The van der Waals surface area contributed by atoms with Gasteiger partial charge in [0.25, 0.3) is 0 Å². The summed E-state index contributed by atoms with van der Waals surface area (Å²) in [6, 6.07) is 10.0. The van der Waals surface area contributed by atoms with Crippen molar-refractivity contribution in [2.75, 3.05) is 12.3 Å². The van der Waals surface area contributed by atoms with Gasteiger partial charge in [-0.15, -0.1) is 0 Å². The molecule has 0 saturated heterocycles. The summed E-state index contributed by atoms with van der Waals surface area (Å²) in [5.74, 6) is 0.494. The number of nitrogens with one attached hydrogen (secondary N) is 1. The van der Waals surface area contributed by atoms with E-state index in [0.717, 1.165) is 24.1 Å². The molecule has 1 aromatic heterocycles. The molecule has 0 unspecified atom stereocenters. The standard InChI is InChI=1S/C13H15N3O/c14-12-7-11(15-16-12)9-2-1-3-10(6-9)13(8-17)4-5-13/h1-3,6-7,17H,4-5,8H2,(H3,14,15,16). The molecule has 1 aliphatic rings. The molecule has 1 aliphatic carbocycles. The molecule has 1 heterocycles. The Balaban J connectivity index is 2.00. The first-order valence-electron chi connectivity index (χ1n) is 5.76. The van der Waals surface area contributed by atoms with Gasteiger partial charge in [0, 0.05) is 11.5 Å². The second-order valence-electron chi connectivity index (χ2n) is 4.73. The number of H-pyrrole nitrogens is 1. The topological polar surface area (TPSA) is 74.9 Å². The fraction of sp³-hybridized carbons (Fsp3) is 0.308. The highest BCUT2D eigenvalue weighted by molar-refractivity contribution is 5.63. The number of nitrogens with two attached hydrogens (primary N) is 1. The predicted octanol–water partition coefficient (Wildman–Crippen LogP) is 1.68. The van der Waals surface area contributed by atoms with E-state index in [-0.39, 0.29) is 12.0 Å². The van der Waals surface area contributed by atoms with Crippen LogP contribution in [0.25, 0.3) is 11.3 Å². The van der Waals surface area contributed by atoms with E-state index in [1.54, 1.807) is 0 Å². The quantitative estimate of drug-likeness (QED) is 0.749. The largest absolute Gasteiger partial charge is 0.395 e. The molecule has 0 bridgehead atoms. The zero-order valence-corrected chi connectivity index (χ0v) is 9.48. The maximum Gasteiger partial charge on any atom is 0.145 e. The molecule has 0 amide bonds. The monoisotopic (exact) mass is 229 g/mol. The molecular weight excluding hydrogens is 214 g/mol. The molecule has 88 valence electrons. The number of aromatic amines is 1. The Hall–Kier alpha value is -1.81. The lowest BCUT2D eigenvalue weighted by molar-refractivity contribution is 0.255. The molecule has 0 radical (unpaired) electrons. The Kier molecular flexibility index (Phi) is 2.19. The summed E-state index contributed by atoms with van der Waals surface area (Å²) in [5.41, 5.74) is 8.77. The van der Waals surface area contributed by atoms with E-state index in [9.17, 15) is 5.11 Å². The number of rotatable bonds is 3. The van der Waals surface area contributed by atoms with E-state index in [1.807, 2.05) is 18.2 Å². The number of nitrogen functional groups attached to an aromatic ring is 1. The van der Waals surface area contributed by atoms with Crippen molar-refractivity contribution in [2.45, 2.75) is 18.3 Å². The highest BCUT2D eigenvalue weighted by Gasteiger charge is 2.43. The van der Waals surface area contributed by atoms with Crippen molar-refractivity contribution in [1.29, 1.82) is 0 Å².